The second-order valence-electron chi connectivity index (χ2n) is 7.98. The van der Waals surface area contributed by atoms with Crippen LogP contribution in [0, 0.1) is 23.6 Å². The van der Waals surface area contributed by atoms with Gasteiger partial charge in [0.05, 0.1) is 29.9 Å². The van der Waals surface area contributed by atoms with Crippen LogP contribution in [0.5, 0.6) is 11.5 Å². The molecule has 3 aromatic rings. The number of benzene rings is 2. The summed E-state index contributed by atoms with van der Waals surface area (Å²) in [6.07, 6.45) is 2.63. The minimum Gasteiger partial charge on any atom is -0.493 e. The topological polar surface area (TPSA) is 68.3 Å². The van der Waals surface area contributed by atoms with E-state index in [9.17, 15) is 4.39 Å². The molecule has 2 aromatic carbocycles. The van der Waals surface area contributed by atoms with Crippen molar-refractivity contribution in [2.45, 2.75) is 6.42 Å². The molecule has 2 heterocycles. The van der Waals surface area contributed by atoms with E-state index in [1.165, 1.54) is 12.7 Å². The molecule has 162 valence electrons. The average Bonchev–Trinajstić information content (AvgIpc) is 3.14. The summed E-state index contributed by atoms with van der Waals surface area (Å²) in [5, 5.41) is 7.16. The highest BCUT2D eigenvalue weighted by Crippen LogP contribution is 2.43. The van der Waals surface area contributed by atoms with E-state index in [0.29, 0.717) is 51.1 Å². The fraction of sp³-hybridized carbons (Fsp3) is 0.364. The van der Waals surface area contributed by atoms with Crippen LogP contribution in [0.3, 0.4) is 0 Å². The van der Waals surface area contributed by atoms with Crippen LogP contribution in [-0.2, 0) is 0 Å². The fourth-order valence-corrected chi connectivity index (χ4v) is 4.98. The number of methoxy groups -OCH3 is 1. The molecule has 1 saturated carbocycles. The number of aromatic nitrogens is 2. The van der Waals surface area contributed by atoms with E-state index in [1.54, 1.807) is 19.2 Å². The molecule has 0 amide bonds. The molecular formula is C22H21BrClFN4O2. The van der Waals surface area contributed by atoms with Crippen LogP contribution in [0.1, 0.15) is 6.42 Å². The summed E-state index contributed by atoms with van der Waals surface area (Å²) >= 11 is 9.23. The first-order chi connectivity index (χ1) is 15.0. The predicted octanol–water partition coefficient (Wildman–Crippen LogP) is 5.17. The fourth-order valence-electron chi connectivity index (χ4n) is 4.51. The molecule has 1 aliphatic carbocycles. The largest absolute Gasteiger partial charge is 0.493 e. The van der Waals surface area contributed by atoms with Crippen molar-refractivity contribution in [3.05, 3.63) is 45.9 Å². The summed E-state index contributed by atoms with van der Waals surface area (Å²) in [5.74, 6) is 3.18. The number of hydrogen-bond acceptors (Lipinski definition) is 6. The summed E-state index contributed by atoms with van der Waals surface area (Å²) in [6.45, 7) is 2.85. The molecule has 1 aromatic heterocycles. The van der Waals surface area contributed by atoms with Crippen molar-refractivity contribution in [1.82, 2.24) is 15.3 Å². The van der Waals surface area contributed by atoms with Gasteiger partial charge in [-0.3, -0.25) is 0 Å². The number of fused-ring (bicyclic) bond motifs is 2. The van der Waals surface area contributed by atoms with Gasteiger partial charge in [-0.2, -0.15) is 0 Å². The first-order valence-electron chi connectivity index (χ1n) is 10.1. The van der Waals surface area contributed by atoms with Gasteiger partial charge in [-0.15, -0.1) is 0 Å². The third-order valence-corrected chi connectivity index (χ3v) is 7.52. The number of nitrogens with one attached hydrogen (secondary N) is 2. The zero-order valence-corrected chi connectivity index (χ0v) is 19.1. The van der Waals surface area contributed by atoms with Crippen molar-refractivity contribution in [3.63, 3.8) is 0 Å². The maximum absolute atomic E-state index is 14.5. The quantitative estimate of drug-likeness (QED) is 0.449. The van der Waals surface area contributed by atoms with Crippen LogP contribution in [0.4, 0.5) is 15.9 Å². The number of anilines is 2. The molecule has 0 radical (unpaired) electrons. The lowest BCUT2D eigenvalue weighted by Gasteiger charge is -2.39. The molecule has 0 spiro atoms. The molecule has 31 heavy (non-hydrogen) atoms. The van der Waals surface area contributed by atoms with Crippen LogP contribution in [0.25, 0.3) is 10.9 Å². The molecule has 2 fully saturated rings. The summed E-state index contributed by atoms with van der Waals surface area (Å²) in [6, 6.07) is 6.92. The Kier molecular flexibility index (Phi) is 5.62. The second-order valence-corrected chi connectivity index (χ2v) is 9.21. The number of hydrogen-bond donors (Lipinski definition) is 2. The minimum absolute atomic E-state index is 0.00678. The van der Waals surface area contributed by atoms with E-state index < -0.39 is 5.82 Å². The molecule has 2 N–H and O–H groups in total. The van der Waals surface area contributed by atoms with E-state index in [-0.39, 0.29) is 10.7 Å². The van der Waals surface area contributed by atoms with Crippen molar-refractivity contribution >= 4 is 49.9 Å². The zero-order valence-electron chi connectivity index (χ0n) is 16.8. The Morgan fingerprint density at radius 1 is 1.26 bits per heavy atom. The monoisotopic (exact) mass is 506 g/mol. The van der Waals surface area contributed by atoms with Gasteiger partial charge >= 0.3 is 0 Å². The Balaban J connectivity index is 1.41. The number of ether oxygens (including phenoxy) is 2. The highest BCUT2D eigenvalue weighted by Gasteiger charge is 2.44. The number of rotatable bonds is 6. The molecule has 1 saturated heterocycles. The summed E-state index contributed by atoms with van der Waals surface area (Å²) in [7, 11) is 1.60. The first kappa shape index (κ1) is 20.7. The third kappa shape index (κ3) is 3.81. The molecule has 2 aliphatic rings. The lowest BCUT2D eigenvalue weighted by atomic mass is 9.67. The van der Waals surface area contributed by atoms with Gasteiger partial charge in [-0.25, -0.2) is 14.4 Å². The van der Waals surface area contributed by atoms with Crippen molar-refractivity contribution in [3.8, 4) is 11.5 Å². The molecule has 0 bridgehead atoms. The molecule has 0 unspecified atom stereocenters. The van der Waals surface area contributed by atoms with E-state index in [1.807, 2.05) is 12.1 Å². The molecule has 6 nitrogen and oxygen atoms in total. The van der Waals surface area contributed by atoms with Gasteiger partial charge in [0.2, 0.25) is 0 Å². The molecule has 1 aliphatic heterocycles. The Morgan fingerprint density at radius 3 is 2.94 bits per heavy atom. The van der Waals surface area contributed by atoms with Crippen molar-refractivity contribution < 1.29 is 13.9 Å². The van der Waals surface area contributed by atoms with E-state index in [4.69, 9.17) is 21.1 Å². The number of halogens is 3. The molecular weight excluding hydrogens is 487 g/mol. The Bertz CT molecular complexity index is 1150. The van der Waals surface area contributed by atoms with Gasteiger partial charge in [0, 0.05) is 15.9 Å². The molecule has 9 heteroatoms. The van der Waals surface area contributed by atoms with E-state index in [0.717, 1.165) is 19.0 Å². The van der Waals surface area contributed by atoms with Crippen molar-refractivity contribution in [2.75, 3.05) is 32.1 Å². The van der Waals surface area contributed by atoms with Gasteiger partial charge in [0.15, 0.2) is 17.3 Å². The third-order valence-electron chi connectivity index (χ3n) is 6.26. The van der Waals surface area contributed by atoms with Crippen molar-refractivity contribution in [2.24, 2.45) is 17.8 Å². The van der Waals surface area contributed by atoms with Crippen LogP contribution < -0.4 is 20.1 Å². The van der Waals surface area contributed by atoms with Crippen LogP contribution in [-0.4, -0.2) is 36.8 Å². The average molecular weight is 508 g/mol. The van der Waals surface area contributed by atoms with Gasteiger partial charge < -0.3 is 20.1 Å². The Labute approximate surface area is 192 Å². The Hall–Kier alpha value is -2.16. The second kappa shape index (κ2) is 8.41. The number of nitrogens with zero attached hydrogens (tertiary/aromatic N) is 2. The summed E-state index contributed by atoms with van der Waals surface area (Å²) in [4.78, 5) is 8.65. The van der Waals surface area contributed by atoms with Crippen molar-refractivity contribution in [1.29, 1.82) is 0 Å². The highest BCUT2D eigenvalue weighted by atomic mass is 79.9. The van der Waals surface area contributed by atoms with Gasteiger partial charge in [-0.05, 0) is 71.4 Å². The lowest BCUT2D eigenvalue weighted by Crippen LogP contribution is -2.39. The maximum Gasteiger partial charge on any atom is 0.166 e. The normalized spacial score (nSPS) is 22.1. The smallest absolute Gasteiger partial charge is 0.166 e. The van der Waals surface area contributed by atoms with Crippen LogP contribution in [0.2, 0.25) is 5.02 Å². The lowest BCUT2D eigenvalue weighted by molar-refractivity contribution is 0.0671. The minimum atomic E-state index is -0.560. The Morgan fingerprint density at radius 2 is 2.13 bits per heavy atom. The first-order valence-corrected chi connectivity index (χ1v) is 11.3. The summed E-state index contributed by atoms with van der Waals surface area (Å²) in [5.41, 5.74) is 0.892. The van der Waals surface area contributed by atoms with Crippen LogP contribution in [0.15, 0.2) is 35.1 Å². The molecule has 5 rings (SSSR count). The highest BCUT2D eigenvalue weighted by molar-refractivity contribution is 9.10. The summed E-state index contributed by atoms with van der Waals surface area (Å²) < 4.78 is 26.7. The van der Waals surface area contributed by atoms with Gasteiger partial charge in [-0.1, -0.05) is 11.6 Å². The predicted molar refractivity (Wildman–Crippen MR) is 122 cm³/mol. The van der Waals surface area contributed by atoms with Gasteiger partial charge in [0.1, 0.15) is 12.1 Å². The van der Waals surface area contributed by atoms with Crippen LogP contribution >= 0.6 is 27.5 Å². The van der Waals surface area contributed by atoms with E-state index >= 15 is 0 Å². The van der Waals surface area contributed by atoms with E-state index in [2.05, 4.69) is 36.5 Å². The molecule has 3 atom stereocenters. The standard InChI is InChI=1S/C22H21BrClFN4O2/c1-30-18-5-13-17(6-19(18)31-9-12-4-11-7-26-8-14(11)12)27-10-28-22(13)29-16-3-2-15(23)20(24)21(16)25/h2-3,5-6,10-12,14,26H,4,7-9H2,1H3,(H,27,28,29)/t11-,12+,14+/m0/s1. The zero-order chi connectivity index (χ0) is 21.5. The SMILES string of the molecule is COc1cc2c(Nc3ccc(Br)c(Cl)c3F)ncnc2cc1OC[C@H]1C[C@H]2CNC[C@H]21. The maximum atomic E-state index is 14.5. The van der Waals surface area contributed by atoms with Gasteiger partial charge in [0.25, 0.3) is 0 Å².